The van der Waals surface area contributed by atoms with E-state index in [2.05, 4.69) is 19.2 Å². The van der Waals surface area contributed by atoms with Gasteiger partial charge in [0.05, 0.1) is 0 Å². The van der Waals surface area contributed by atoms with E-state index in [-0.39, 0.29) is 6.09 Å². The summed E-state index contributed by atoms with van der Waals surface area (Å²) in [6.45, 7) is 11.9. The molecule has 4 nitrogen and oxygen atoms in total. The van der Waals surface area contributed by atoms with Crippen LogP contribution in [0.25, 0.3) is 0 Å². The molecule has 1 N–H and O–H groups in total. The lowest BCUT2D eigenvalue weighted by Gasteiger charge is -2.28. The molecule has 0 radical (unpaired) electrons. The van der Waals surface area contributed by atoms with Crippen molar-refractivity contribution in [3.63, 3.8) is 0 Å². The standard InChI is InChI=1S/C17H34N2O2/c1-7-13(8-2)11-15(18-6)14-9-10-19(12-14)16(20)21-17(3,4)5/h13-15,18H,7-12H2,1-6H3. The maximum atomic E-state index is 12.1. The minimum Gasteiger partial charge on any atom is -0.444 e. The predicted octanol–water partition coefficient (Wildman–Crippen LogP) is 3.66. The summed E-state index contributed by atoms with van der Waals surface area (Å²) in [5.41, 5.74) is -0.410. The Hall–Kier alpha value is -0.770. The molecule has 1 heterocycles. The molecule has 21 heavy (non-hydrogen) atoms. The molecule has 1 rings (SSSR count). The first-order valence-electron chi connectivity index (χ1n) is 8.45. The molecule has 0 aromatic rings. The number of nitrogens with one attached hydrogen (secondary N) is 1. The number of carbonyl (C=O) groups is 1. The van der Waals surface area contributed by atoms with E-state index in [9.17, 15) is 4.79 Å². The molecule has 2 atom stereocenters. The Morgan fingerprint density at radius 3 is 2.43 bits per heavy atom. The third kappa shape index (κ3) is 5.85. The second-order valence-corrected chi connectivity index (χ2v) is 7.29. The minimum absolute atomic E-state index is 0.164. The second-order valence-electron chi connectivity index (χ2n) is 7.29. The van der Waals surface area contributed by atoms with Crippen LogP contribution in [-0.2, 0) is 4.74 Å². The number of likely N-dealkylation sites (tertiary alicyclic amines) is 1. The van der Waals surface area contributed by atoms with Crippen molar-refractivity contribution < 1.29 is 9.53 Å². The quantitative estimate of drug-likeness (QED) is 0.813. The van der Waals surface area contributed by atoms with Crippen molar-refractivity contribution in [3.05, 3.63) is 0 Å². The first-order chi connectivity index (χ1) is 9.80. The summed E-state index contributed by atoms with van der Waals surface area (Å²) in [5.74, 6) is 1.32. The van der Waals surface area contributed by atoms with Crippen LogP contribution in [-0.4, -0.2) is 42.8 Å². The molecule has 0 aliphatic carbocycles. The number of ether oxygens (including phenoxy) is 1. The molecule has 0 bridgehead atoms. The van der Waals surface area contributed by atoms with Gasteiger partial charge in [0.1, 0.15) is 5.60 Å². The third-order valence-corrected chi connectivity index (χ3v) is 4.56. The van der Waals surface area contributed by atoms with E-state index in [0.29, 0.717) is 12.0 Å². The molecular weight excluding hydrogens is 264 g/mol. The predicted molar refractivity (Wildman–Crippen MR) is 87.5 cm³/mol. The van der Waals surface area contributed by atoms with E-state index in [4.69, 9.17) is 4.74 Å². The summed E-state index contributed by atoms with van der Waals surface area (Å²) in [6.07, 6.45) is 4.58. The molecule has 4 heteroatoms. The first kappa shape index (κ1) is 18.3. The van der Waals surface area contributed by atoms with Crippen LogP contribution in [0.15, 0.2) is 0 Å². The Kier molecular flexibility index (Phi) is 6.98. The fourth-order valence-electron chi connectivity index (χ4n) is 3.14. The van der Waals surface area contributed by atoms with E-state index < -0.39 is 5.60 Å². The zero-order valence-electron chi connectivity index (χ0n) is 14.7. The van der Waals surface area contributed by atoms with Crippen molar-refractivity contribution in [3.8, 4) is 0 Å². The minimum atomic E-state index is -0.410. The van der Waals surface area contributed by atoms with Crippen LogP contribution in [0, 0.1) is 11.8 Å². The van der Waals surface area contributed by atoms with Crippen molar-refractivity contribution in [1.82, 2.24) is 10.2 Å². The van der Waals surface area contributed by atoms with Crippen LogP contribution < -0.4 is 5.32 Å². The van der Waals surface area contributed by atoms with Gasteiger partial charge in [-0.05, 0) is 52.5 Å². The Morgan fingerprint density at radius 2 is 1.95 bits per heavy atom. The monoisotopic (exact) mass is 298 g/mol. The molecule has 0 spiro atoms. The molecule has 1 amide bonds. The van der Waals surface area contributed by atoms with Gasteiger partial charge in [0.15, 0.2) is 0 Å². The SMILES string of the molecule is CCC(CC)CC(NC)C1CCN(C(=O)OC(C)(C)C)C1. The van der Waals surface area contributed by atoms with Gasteiger partial charge in [0.2, 0.25) is 0 Å². The van der Waals surface area contributed by atoms with Gasteiger partial charge in [-0.1, -0.05) is 26.7 Å². The zero-order valence-corrected chi connectivity index (χ0v) is 14.7. The number of rotatable bonds is 6. The summed E-state index contributed by atoms with van der Waals surface area (Å²) < 4.78 is 5.47. The van der Waals surface area contributed by atoms with Gasteiger partial charge in [0.25, 0.3) is 0 Å². The van der Waals surface area contributed by atoms with Gasteiger partial charge < -0.3 is 15.0 Å². The average Bonchev–Trinajstić information content (AvgIpc) is 2.88. The van der Waals surface area contributed by atoms with E-state index >= 15 is 0 Å². The molecule has 1 fully saturated rings. The topological polar surface area (TPSA) is 41.6 Å². The fraction of sp³-hybridized carbons (Fsp3) is 0.941. The van der Waals surface area contributed by atoms with Crippen molar-refractivity contribution in [2.45, 2.75) is 71.9 Å². The molecule has 0 aromatic heterocycles. The molecule has 2 unspecified atom stereocenters. The smallest absolute Gasteiger partial charge is 0.410 e. The fourth-order valence-corrected chi connectivity index (χ4v) is 3.14. The van der Waals surface area contributed by atoms with E-state index in [1.807, 2.05) is 32.7 Å². The summed E-state index contributed by atoms with van der Waals surface area (Å²) in [5, 5.41) is 3.47. The second kappa shape index (κ2) is 8.02. The van der Waals surface area contributed by atoms with Crippen LogP contribution in [0.5, 0.6) is 0 Å². The van der Waals surface area contributed by atoms with Gasteiger partial charge in [-0.3, -0.25) is 0 Å². The van der Waals surface area contributed by atoms with E-state index in [1.54, 1.807) is 0 Å². The van der Waals surface area contributed by atoms with Crippen molar-refractivity contribution in [1.29, 1.82) is 0 Å². The van der Waals surface area contributed by atoms with Crippen LogP contribution in [0.1, 0.15) is 60.3 Å². The molecule has 0 saturated carbocycles. The largest absolute Gasteiger partial charge is 0.444 e. The number of hydrogen-bond donors (Lipinski definition) is 1. The van der Waals surface area contributed by atoms with E-state index in [1.165, 1.54) is 19.3 Å². The van der Waals surface area contributed by atoms with Gasteiger partial charge in [-0.2, -0.15) is 0 Å². The highest BCUT2D eigenvalue weighted by molar-refractivity contribution is 5.68. The van der Waals surface area contributed by atoms with E-state index in [0.717, 1.165) is 25.4 Å². The summed E-state index contributed by atoms with van der Waals surface area (Å²) >= 11 is 0. The van der Waals surface area contributed by atoms with Crippen LogP contribution in [0.2, 0.25) is 0 Å². The molecular formula is C17H34N2O2. The van der Waals surface area contributed by atoms with Gasteiger partial charge >= 0.3 is 6.09 Å². The zero-order chi connectivity index (χ0) is 16.0. The highest BCUT2D eigenvalue weighted by Crippen LogP contribution is 2.27. The highest BCUT2D eigenvalue weighted by atomic mass is 16.6. The third-order valence-electron chi connectivity index (χ3n) is 4.56. The highest BCUT2D eigenvalue weighted by Gasteiger charge is 2.33. The Labute approximate surface area is 130 Å². The summed E-state index contributed by atoms with van der Waals surface area (Å²) in [4.78, 5) is 14.0. The summed E-state index contributed by atoms with van der Waals surface area (Å²) in [7, 11) is 2.04. The molecule has 1 aliphatic rings. The van der Waals surface area contributed by atoms with Gasteiger partial charge in [-0.25, -0.2) is 4.79 Å². The molecule has 1 aliphatic heterocycles. The maximum Gasteiger partial charge on any atom is 0.410 e. The average molecular weight is 298 g/mol. The molecule has 124 valence electrons. The Morgan fingerprint density at radius 1 is 1.33 bits per heavy atom. The van der Waals surface area contributed by atoms with Crippen molar-refractivity contribution in [2.24, 2.45) is 11.8 Å². The normalized spacial score (nSPS) is 20.9. The van der Waals surface area contributed by atoms with Crippen LogP contribution in [0.4, 0.5) is 4.79 Å². The van der Waals surface area contributed by atoms with Gasteiger partial charge in [0, 0.05) is 19.1 Å². The van der Waals surface area contributed by atoms with Crippen LogP contribution in [0.3, 0.4) is 0 Å². The number of nitrogens with zero attached hydrogens (tertiary/aromatic N) is 1. The van der Waals surface area contributed by atoms with Crippen molar-refractivity contribution >= 4 is 6.09 Å². The van der Waals surface area contributed by atoms with Crippen molar-refractivity contribution in [2.75, 3.05) is 20.1 Å². The molecule has 1 saturated heterocycles. The lowest BCUT2D eigenvalue weighted by atomic mass is 9.87. The lowest BCUT2D eigenvalue weighted by Crippen LogP contribution is -2.39. The summed E-state index contributed by atoms with van der Waals surface area (Å²) in [6, 6.07) is 0.502. The number of amides is 1. The Bertz CT molecular complexity index is 321. The van der Waals surface area contributed by atoms with Crippen LogP contribution >= 0.6 is 0 Å². The number of hydrogen-bond acceptors (Lipinski definition) is 3. The number of carbonyl (C=O) groups excluding carboxylic acids is 1. The first-order valence-corrected chi connectivity index (χ1v) is 8.45. The lowest BCUT2D eigenvalue weighted by molar-refractivity contribution is 0.0285. The van der Waals surface area contributed by atoms with Gasteiger partial charge in [-0.15, -0.1) is 0 Å². The Balaban J connectivity index is 2.53. The maximum absolute atomic E-state index is 12.1. The molecule has 0 aromatic carbocycles.